The molecule has 2 aromatic heterocycles. The number of rotatable bonds is 4. The zero-order chi connectivity index (χ0) is 22.2. The molecular formula is C26H26ClN3O2. The van der Waals surface area contributed by atoms with Crippen molar-refractivity contribution < 1.29 is 4.74 Å². The highest BCUT2D eigenvalue weighted by atomic mass is 35.5. The van der Waals surface area contributed by atoms with Crippen molar-refractivity contribution in [1.29, 1.82) is 0 Å². The van der Waals surface area contributed by atoms with E-state index >= 15 is 0 Å². The molecule has 0 unspecified atom stereocenters. The van der Waals surface area contributed by atoms with Gasteiger partial charge in [-0.05, 0) is 61.7 Å². The molecule has 0 spiro atoms. The van der Waals surface area contributed by atoms with Crippen molar-refractivity contribution in [3.05, 3.63) is 92.5 Å². The van der Waals surface area contributed by atoms with Crippen molar-refractivity contribution in [2.45, 2.75) is 32.9 Å². The van der Waals surface area contributed by atoms with E-state index in [1.54, 1.807) is 10.8 Å². The minimum atomic E-state index is -0.130. The molecule has 0 saturated carbocycles. The number of nitrogens with zero attached hydrogens (tertiary/aromatic N) is 2. The summed E-state index contributed by atoms with van der Waals surface area (Å²) in [5.74, 6) is 0.528. The zero-order valence-corrected chi connectivity index (χ0v) is 19.1. The van der Waals surface area contributed by atoms with Crippen molar-refractivity contribution in [2.75, 3.05) is 6.54 Å². The first-order valence-corrected chi connectivity index (χ1v) is 11.3. The first-order valence-electron chi connectivity index (χ1n) is 10.9. The van der Waals surface area contributed by atoms with E-state index < -0.39 is 0 Å². The van der Waals surface area contributed by atoms with Crippen LogP contribution in [0, 0.1) is 6.92 Å². The minimum Gasteiger partial charge on any atom is -0.489 e. The Labute approximate surface area is 192 Å². The quantitative estimate of drug-likeness (QED) is 0.483. The molecule has 0 saturated heterocycles. The standard InChI is InChI=1S/C26H26ClN3O2/c1-17-5-6-18(23(27)12-17)16-32-20-9-11-30(26(31)14-20)19-7-8-21-22-15-28-10-3-4-24(22)29(2)25(21)13-19/h5-9,11-14,28H,3-4,10,15-16H2,1-2H3. The molecule has 1 aliphatic rings. The van der Waals surface area contributed by atoms with Crippen molar-refractivity contribution in [3.8, 4) is 11.4 Å². The summed E-state index contributed by atoms with van der Waals surface area (Å²) in [4.78, 5) is 12.9. The van der Waals surface area contributed by atoms with Crippen LogP contribution in [0.3, 0.4) is 0 Å². The van der Waals surface area contributed by atoms with Gasteiger partial charge in [0.25, 0.3) is 5.56 Å². The molecule has 0 amide bonds. The largest absolute Gasteiger partial charge is 0.489 e. The van der Waals surface area contributed by atoms with E-state index in [4.69, 9.17) is 16.3 Å². The smallest absolute Gasteiger partial charge is 0.258 e. The van der Waals surface area contributed by atoms with Crippen LogP contribution in [0.1, 0.15) is 28.8 Å². The second kappa shape index (κ2) is 8.49. The van der Waals surface area contributed by atoms with Gasteiger partial charge < -0.3 is 14.6 Å². The summed E-state index contributed by atoms with van der Waals surface area (Å²) < 4.78 is 9.76. The Balaban J connectivity index is 1.42. The first kappa shape index (κ1) is 20.9. The average molecular weight is 448 g/mol. The summed E-state index contributed by atoms with van der Waals surface area (Å²) in [6, 6.07) is 15.4. The average Bonchev–Trinajstić information content (AvgIpc) is 2.93. The second-order valence-corrected chi connectivity index (χ2v) is 8.83. The van der Waals surface area contributed by atoms with E-state index in [0.29, 0.717) is 17.4 Å². The molecule has 164 valence electrons. The molecule has 32 heavy (non-hydrogen) atoms. The predicted octanol–water partition coefficient (Wildman–Crippen LogP) is 4.91. The Hall–Kier alpha value is -3.02. The molecule has 1 N–H and O–H groups in total. The molecule has 2 aromatic carbocycles. The van der Waals surface area contributed by atoms with Crippen molar-refractivity contribution in [2.24, 2.45) is 7.05 Å². The predicted molar refractivity (Wildman–Crippen MR) is 129 cm³/mol. The van der Waals surface area contributed by atoms with Gasteiger partial charge in [-0.3, -0.25) is 9.36 Å². The van der Waals surface area contributed by atoms with Crippen LogP contribution in [0.15, 0.2) is 59.5 Å². The third-order valence-corrected chi connectivity index (χ3v) is 6.61. The molecule has 6 heteroatoms. The molecule has 0 fully saturated rings. The monoisotopic (exact) mass is 447 g/mol. The van der Waals surface area contributed by atoms with Crippen LogP contribution < -0.4 is 15.6 Å². The molecule has 5 nitrogen and oxygen atoms in total. The van der Waals surface area contributed by atoms with Gasteiger partial charge in [-0.25, -0.2) is 0 Å². The lowest BCUT2D eigenvalue weighted by atomic mass is 10.1. The van der Waals surface area contributed by atoms with Gasteiger partial charge in [-0.2, -0.15) is 0 Å². The maximum atomic E-state index is 12.9. The maximum Gasteiger partial charge on any atom is 0.258 e. The number of hydrogen-bond acceptors (Lipinski definition) is 3. The van der Waals surface area contributed by atoms with Crippen LogP contribution in [0.4, 0.5) is 0 Å². The van der Waals surface area contributed by atoms with Crippen LogP contribution in [0.25, 0.3) is 16.6 Å². The van der Waals surface area contributed by atoms with Crippen molar-refractivity contribution >= 4 is 22.5 Å². The maximum absolute atomic E-state index is 12.9. The van der Waals surface area contributed by atoms with E-state index in [1.165, 1.54) is 22.7 Å². The van der Waals surface area contributed by atoms with Gasteiger partial charge in [-0.1, -0.05) is 29.8 Å². The molecule has 0 atom stereocenters. The number of aromatic nitrogens is 2. The van der Waals surface area contributed by atoms with Crippen LogP contribution in [-0.4, -0.2) is 15.7 Å². The Morgan fingerprint density at radius 2 is 2.00 bits per heavy atom. The first-order chi connectivity index (χ1) is 15.5. The highest BCUT2D eigenvalue weighted by molar-refractivity contribution is 6.31. The number of aryl methyl sites for hydroxylation is 2. The van der Waals surface area contributed by atoms with Gasteiger partial charge >= 0.3 is 0 Å². The Morgan fingerprint density at radius 3 is 2.81 bits per heavy atom. The lowest BCUT2D eigenvalue weighted by molar-refractivity contribution is 0.305. The fraction of sp³-hybridized carbons (Fsp3) is 0.269. The topological polar surface area (TPSA) is 48.2 Å². The van der Waals surface area contributed by atoms with Crippen molar-refractivity contribution in [3.63, 3.8) is 0 Å². The highest BCUT2D eigenvalue weighted by Crippen LogP contribution is 2.29. The number of halogens is 1. The fourth-order valence-corrected chi connectivity index (χ4v) is 4.80. The molecule has 0 aliphatic carbocycles. The number of ether oxygens (including phenoxy) is 1. The second-order valence-electron chi connectivity index (χ2n) is 8.42. The normalized spacial score (nSPS) is 13.7. The third-order valence-electron chi connectivity index (χ3n) is 6.26. The summed E-state index contributed by atoms with van der Waals surface area (Å²) in [5, 5.41) is 5.43. The summed E-state index contributed by atoms with van der Waals surface area (Å²) in [5.41, 5.74) is 6.62. The highest BCUT2D eigenvalue weighted by Gasteiger charge is 2.17. The van der Waals surface area contributed by atoms with E-state index in [9.17, 15) is 4.79 Å². The van der Waals surface area contributed by atoms with Crippen LogP contribution in [-0.2, 0) is 26.6 Å². The lowest BCUT2D eigenvalue weighted by Gasteiger charge is -2.11. The van der Waals surface area contributed by atoms with E-state index in [-0.39, 0.29) is 5.56 Å². The van der Waals surface area contributed by atoms with Gasteiger partial charge in [0.05, 0.1) is 11.2 Å². The van der Waals surface area contributed by atoms with Gasteiger partial charge in [0, 0.05) is 47.5 Å². The molecule has 0 radical (unpaired) electrons. The van der Waals surface area contributed by atoms with E-state index in [0.717, 1.165) is 48.3 Å². The Morgan fingerprint density at radius 1 is 1.12 bits per heavy atom. The molecule has 4 aromatic rings. The minimum absolute atomic E-state index is 0.130. The van der Waals surface area contributed by atoms with Crippen molar-refractivity contribution in [1.82, 2.24) is 14.5 Å². The molecular weight excluding hydrogens is 422 g/mol. The number of benzene rings is 2. The van der Waals surface area contributed by atoms with Crippen LogP contribution >= 0.6 is 11.6 Å². The molecule has 0 bridgehead atoms. The van der Waals surface area contributed by atoms with Gasteiger partial charge in [0.2, 0.25) is 0 Å². The van der Waals surface area contributed by atoms with Gasteiger partial charge in [-0.15, -0.1) is 0 Å². The summed E-state index contributed by atoms with van der Waals surface area (Å²) >= 11 is 6.29. The summed E-state index contributed by atoms with van der Waals surface area (Å²) in [7, 11) is 2.12. The number of fused-ring (bicyclic) bond motifs is 3. The summed E-state index contributed by atoms with van der Waals surface area (Å²) in [6.45, 7) is 4.26. The van der Waals surface area contributed by atoms with Gasteiger partial charge in [0.1, 0.15) is 12.4 Å². The molecule has 5 rings (SSSR count). The van der Waals surface area contributed by atoms with Crippen LogP contribution in [0.5, 0.6) is 5.75 Å². The fourth-order valence-electron chi connectivity index (χ4n) is 4.51. The number of pyridine rings is 1. The van der Waals surface area contributed by atoms with Crippen LogP contribution in [0.2, 0.25) is 5.02 Å². The van der Waals surface area contributed by atoms with E-state index in [1.807, 2.05) is 37.3 Å². The zero-order valence-electron chi connectivity index (χ0n) is 18.3. The SMILES string of the molecule is Cc1ccc(COc2ccn(-c3ccc4c5c(n(C)c4c3)CCCNC5)c(=O)c2)c(Cl)c1. The molecule has 3 heterocycles. The number of nitrogens with one attached hydrogen (secondary N) is 1. The lowest BCUT2D eigenvalue weighted by Crippen LogP contribution is -2.16. The Bertz CT molecular complexity index is 1370. The number of hydrogen-bond donors (Lipinski definition) is 1. The Kier molecular flexibility index (Phi) is 5.53. The summed E-state index contributed by atoms with van der Waals surface area (Å²) in [6.07, 6.45) is 3.98. The third kappa shape index (κ3) is 3.83. The van der Waals surface area contributed by atoms with E-state index in [2.05, 4.69) is 29.1 Å². The molecule has 1 aliphatic heterocycles. The van der Waals surface area contributed by atoms with Gasteiger partial charge in [0.15, 0.2) is 0 Å².